The quantitative estimate of drug-likeness (QED) is 0.685. The molecule has 158 valence electrons. The first-order valence-electron chi connectivity index (χ1n) is 10.3. The van der Waals surface area contributed by atoms with Crippen LogP contribution in [0.1, 0.15) is 10.4 Å². The van der Waals surface area contributed by atoms with Gasteiger partial charge in [-0.05, 0) is 41.5 Å². The zero-order valence-corrected chi connectivity index (χ0v) is 17.1. The van der Waals surface area contributed by atoms with Gasteiger partial charge in [0.2, 0.25) is 5.91 Å². The van der Waals surface area contributed by atoms with Gasteiger partial charge in [-0.25, -0.2) is 4.39 Å². The largest absolute Gasteiger partial charge is 0.336 e. The summed E-state index contributed by atoms with van der Waals surface area (Å²) in [6.45, 7) is 2.60. The minimum atomic E-state index is -0.340. The molecule has 0 bridgehead atoms. The predicted molar refractivity (Wildman–Crippen MR) is 119 cm³/mol. The summed E-state index contributed by atoms with van der Waals surface area (Å²) in [5, 5.41) is 2.77. The number of nitrogens with one attached hydrogen (secondary N) is 1. The second-order valence-corrected chi connectivity index (χ2v) is 7.54. The number of benzene rings is 3. The number of hydrogen-bond acceptors (Lipinski definition) is 3. The van der Waals surface area contributed by atoms with Crippen LogP contribution >= 0.6 is 0 Å². The highest BCUT2D eigenvalue weighted by atomic mass is 19.1. The SMILES string of the molecule is O=C(CN1CCN(C(=O)c2ccccc2-c2ccccc2)CC1)Nc1ccc(F)cc1. The molecule has 1 aliphatic heterocycles. The Labute approximate surface area is 181 Å². The maximum Gasteiger partial charge on any atom is 0.254 e. The number of carbonyl (C=O) groups excluding carboxylic acids is 2. The number of rotatable bonds is 5. The van der Waals surface area contributed by atoms with Gasteiger partial charge in [0, 0.05) is 37.4 Å². The number of anilines is 1. The number of carbonyl (C=O) groups is 2. The van der Waals surface area contributed by atoms with E-state index in [2.05, 4.69) is 5.32 Å². The summed E-state index contributed by atoms with van der Waals surface area (Å²) in [7, 11) is 0. The predicted octanol–water partition coefficient (Wildman–Crippen LogP) is 3.89. The monoisotopic (exact) mass is 417 g/mol. The third kappa shape index (κ3) is 5.16. The lowest BCUT2D eigenvalue weighted by Crippen LogP contribution is -2.50. The Morgan fingerprint density at radius 3 is 2.16 bits per heavy atom. The lowest BCUT2D eigenvalue weighted by atomic mass is 9.98. The second kappa shape index (κ2) is 9.53. The molecule has 1 N–H and O–H groups in total. The van der Waals surface area contributed by atoms with Gasteiger partial charge in [-0.2, -0.15) is 0 Å². The zero-order chi connectivity index (χ0) is 21.6. The van der Waals surface area contributed by atoms with Crippen LogP contribution in [0.3, 0.4) is 0 Å². The van der Waals surface area contributed by atoms with Gasteiger partial charge in [0.15, 0.2) is 0 Å². The molecule has 3 aromatic carbocycles. The van der Waals surface area contributed by atoms with Gasteiger partial charge in [-0.3, -0.25) is 14.5 Å². The molecule has 31 heavy (non-hydrogen) atoms. The third-order valence-corrected chi connectivity index (χ3v) is 5.40. The Bertz CT molecular complexity index is 1050. The molecular formula is C25H24FN3O2. The van der Waals surface area contributed by atoms with E-state index in [9.17, 15) is 14.0 Å². The van der Waals surface area contributed by atoms with Crippen LogP contribution < -0.4 is 5.32 Å². The van der Waals surface area contributed by atoms with E-state index in [4.69, 9.17) is 0 Å². The van der Waals surface area contributed by atoms with Crippen molar-refractivity contribution in [2.45, 2.75) is 0 Å². The normalized spacial score (nSPS) is 14.3. The topological polar surface area (TPSA) is 52.7 Å². The van der Waals surface area contributed by atoms with Gasteiger partial charge in [-0.1, -0.05) is 48.5 Å². The molecule has 0 spiro atoms. The number of halogens is 1. The van der Waals surface area contributed by atoms with E-state index in [-0.39, 0.29) is 24.2 Å². The molecule has 0 aliphatic carbocycles. The molecule has 4 rings (SSSR count). The van der Waals surface area contributed by atoms with Crippen LogP contribution in [-0.4, -0.2) is 54.3 Å². The number of nitrogens with zero attached hydrogens (tertiary/aromatic N) is 2. The summed E-state index contributed by atoms with van der Waals surface area (Å²) in [4.78, 5) is 29.3. The molecule has 0 atom stereocenters. The van der Waals surface area contributed by atoms with Crippen LogP contribution in [-0.2, 0) is 4.79 Å². The average molecular weight is 417 g/mol. The fraction of sp³-hybridized carbons (Fsp3) is 0.200. The van der Waals surface area contributed by atoms with Gasteiger partial charge in [0.05, 0.1) is 6.54 Å². The van der Waals surface area contributed by atoms with Crippen LogP contribution in [0, 0.1) is 5.82 Å². The van der Waals surface area contributed by atoms with Gasteiger partial charge in [0.25, 0.3) is 5.91 Å². The standard InChI is InChI=1S/C25H24FN3O2/c26-20-10-12-21(13-11-20)27-24(30)18-28-14-16-29(17-15-28)25(31)23-9-5-4-8-22(23)19-6-2-1-3-7-19/h1-13H,14-18H2,(H,27,30). The summed E-state index contributed by atoms with van der Waals surface area (Å²) in [6, 6.07) is 23.3. The maximum atomic E-state index is 13.2. The summed E-state index contributed by atoms with van der Waals surface area (Å²) >= 11 is 0. The van der Waals surface area contributed by atoms with Crippen LogP contribution in [0.25, 0.3) is 11.1 Å². The van der Waals surface area contributed by atoms with E-state index in [0.717, 1.165) is 11.1 Å². The minimum absolute atomic E-state index is 0.00914. The first kappa shape index (κ1) is 20.8. The minimum Gasteiger partial charge on any atom is -0.336 e. The van der Waals surface area contributed by atoms with E-state index >= 15 is 0 Å². The summed E-state index contributed by atoms with van der Waals surface area (Å²) in [6.07, 6.45) is 0. The van der Waals surface area contributed by atoms with Gasteiger partial charge < -0.3 is 10.2 Å². The maximum absolute atomic E-state index is 13.2. The van der Waals surface area contributed by atoms with Crippen molar-refractivity contribution in [1.82, 2.24) is 9.80 Å². The first-order chi connectivity index (χ1) is 15.1. The molecule has 0 radical (unpaired) electrons. The lowest BCUT2D eigenvalue weighted by Gasteiger charge is -2.34. The number of amides is 2. The second-order valence-electron chi connectivity index (χ2n) is 7.54. The first-order valence-corrected chi connectivity index (χ1v) is 10.3. The third-order valence-electron chi connectivity index (χ3n) is 5.40. The summed E-state index contributed by atoms with van der Waals surface area (Å²) < 4.78 is 13.0. The molecule has 3 aromatic rings. The van der Waals surface area contributed by atoms with Crippen molar-refractivity contribution in [2.24, 2.45) is 0 Å². The highest BCUT2D eigenvalue weighted by Crippen LogP contribution is 2.25. The molecule has 1 aliphatic rings. The Hall–Kier alpha value is -3.51. The van der Waals surface area contributed by atoms with Crippen LogP contribution in [0.2, 0.25) is 0 Å². The molecule has 5 nitrogen and oxygen atoms in total. The fourth-order valence-electron chi connectivity index (χ4n) is 3.76. The Kier molecular flexibility index (Phi) is 6.38. The molecule has 1 saturated heterocycles. The van der Waals surface area contributed by atoms with Gasteiger partial charge >= 0.3 is 0 Å². The van der Waals surface area contributed by atoms with Crippen molar-refractivity contribution in [2.75, 3.05) is 38.0 Å². The van der Waals surface area contributed by atoms with Crippen LogP contribution in [0.4, 0.5) is 10.1 Å². The van der Waals surface area contributed by atoms with Crippen LogP contribution in [0.5, 0.6) is 0 Å². The molecule has 0 unspecified atom stereocenters. The molecule has 0 saturated carbocycles. The van der Waals surface area contributed by atoms with E-state index in [1.54, 1.807) is 0 Å². The van der Waals surface area contributed by atoms with E-state index in [1.165, 1.54) is 24.3 Å². The molecule has 2 amide bonds. The van der Waals surface area contributed by atoms with E-state index < -0.39 is 0 Å². The number of hydrogen-bond donors (Lipinski definition) is 1. The summed E-state index contributed by atoms with van der Waals surface area (Å²) in [5.41, 5.74) is 3.20. The van der Waals surface area contributed by atoms with E-state index in [0.29, 0.717) is 37.4 Å². The molecule has 1 fully saturated rings. The zero-order valence-electron chi connectivity index (χ0n) is 17.1. The highest BCUT2D eigenvalue weighted by molar-refractivity contribution is 6.01. The van der Waals surface area contributed by atoms with Crippen molar-refractivity contribution in [1.29, 1.82) is 0 Å². The molecule has 1 heterocycles. The van der Waals surface area contributed by atoms with Crippen molar-refractivity contribution in [3.8, 4) is 11.1 Å². The molecular weight excluding hydrogens is 393 g/mol. The fourth-order valence-corrected chi connectivity index (χ4v) is 3.76. The van der Waals surface area contributed by atoms with E-state index in [1.807, 2.05) is 64.4 Å². The molecule has 6 heteroatoms. The lowest BCUT2D eigenvalue weighted by molar-refractivity contribution is -0.117. The highest BCUT2D eigenvalue weighted by Gasteiger charge is 2.25. The van der Waals surface area contributed by atoms with Crippen molar-refractivity contribution < 1.29 is 14.0 Å². The van der Waals surface area contributed by atoms with Crippen molar-refractivity contribution >= 4 is 17.5 Å². The smallest absolute Gasteiger partial charge is 0.254 e. The van der Waals surface area contributed by atoms with Gasteiger partial charge in [0.1, 0.15) is 5.82 Å². The molecule has 0 aromatic heterocycles. The van der Waals surface area contributed by atoms with Gasteiger partial charge in [-0.15, -0.1) is 0 Å². The summed E-state index contributed by atoms with van der Waals surface area (Å²) in [5.74, 6) is -0.483. The average Bonchev–Trinajstić information content (AvgIpc) is 2.81. The van der Waals surface area contributed by atoms with Crippen molar-refractivity contribution in [3.63, 3.8) is 0 Å². The Balaban J connectivity index is 1.34. The Morgan fingerprint density at radius 1 is 0.806 bits per heavy atom. The van der Waals surface area contributed by atoms with Crippen molar-refractivity contribution in [3.05, 3.63) is 90.2 Å². The number of piperazine rings is 1. The Morgan fingerprint density at radius 2 is 1.45 bits per heavy atom. The van der Waals surface area contributed by atoms with Crippen LogP contribution in [0.15, 0.2) is 78.9 Å².